The molecular formula is C23H25NO6S. The first kappa shape index (κ1) is 22.7. The molecule has 8 heteroatoms. The molecule has 0 bridgehead atoms. The number of unbranched alkanes of at least 4 members (excludes halogenated alkanes) is 2. The van der Waals surface area contributed by atoms with E-state index in [0.29, 0.717) is 37.1 Å². The lowest BCUT2D eigenvalue weighted by Crippen LogP contribution is -2.24. The molecule has 3 aromatic rings. The Bertz CT molecular complexity index is 1230. The Labute approximate surface area is 181 Å². The summed E-state index contributed by atoms with van der Waals surface area (Å²) in [7, 11) is -3.52. The monoisotopic (exact) mass is 443 g/mol. The Morgan fingerprint density at radius 1 is 1.00 bits per heavy atom. The van der Waals surface area contributed by atoms with Crippen molar-refractivity contribution in [2.24, 2.45) is 0 Å². The van der Waals surface area contributed by atoms with Gasteiger partial charge in [0.15, 0.2) is 0 Å². The molecule has 0 aliphatic carbocycles. The normalized spacial score (nSPS) is 11.5. The number of carbonyl (C=O) groups excluding carboxylic acids is 1. The third kappa shape index (κ3) is 6.26. The average molecular weight is 444 g/mol. The van der Waals surface area contributed by atoms with Gasteiger partial charge in [0.25, 0.3) is 0 Å². The van der Waals surface area contributed by atoms with Gasteiger partial charge in [-0.05, 0) is 56.5 Å². The van der Waals surface area contributed by atoms with Crippen molar-refractivity contribution in [1.82, 2.24) is 4.72 Å². The van der Waals surface area contributed by atoms with E-state index < -0.39 is 21.6 Å². The van der Waals surface area contributed by atoms with Crippen LogP contribution in [-0.2, 0) is 14.8 Å². The maximum absolute atomic E-state index is 12.2. The number of fused-ring (bicyclic) bond motifs is 1. The van der Waals surface area contributed by atoms with Crippen molar-refractivity contribution in [3.63, 3.8) is 0 Å². The fraction of sp³-hybridized carbons (Fsp3) is 0.304. The van der Waals surface area contributed by atoms with Crippen LogP contribution < -0.4 is 15.1 Å². The van der Waals surface area contributed by atoms with Crippen LogP contribution in [-0.4, -0.2) is 20.9 Å². The maximum Gasteiger partial charge on any atom is 0.336 e. The molecular weight excluding hydrogens is 418 g/mol. The molecule has 0 atom stereocenters. The summed E-state index contributed by atoms with van der Waals surface area (Å²) >= 11 is 0. The van der Waals surface area contributed by atoms with E-state index in [4.69, 9.17) is 9.15 Å². The molecule has 0 fully saturated rings. The highest BCUT2D eigenvalue weighted by Crippen LogP contribution is 2.22. The van der Waals surface area contributed by atoms with Crippen LogP contribution in [0, 0.1) is 13.8 Å². The van der Waals surface area contributed by atoms with Crippen LogP contribution in [0.5, 0.6) is 5.75 Å². The molecule has 1 N–H and O–H groups in total. The van der Waals surface area contributed by atoms with Gasteiger partial charge >= 0.3 is 11.6 Å². The Morgan fingerprint density at radius 2 is 1.74 bits per heavy atom. The van der Waals surface area contributed by atoms with Crippen LogP contribution in [0.4, 0.5) is 0 Å². The summed E-state index contributed by atoms with van der Waals surface area (Å²) in [5.74, 6) is -0.0771. The second-order valence-corrected chi connectivity index (χ2v) is 9.17. The molecule has 0 amide bonds. The van der Waals surface area contributed by atoms with Crippen molar-refractivity contribution in [1.29, 1.82) is 0 Å². The number of benzene rings is 2. The van der Waals surface area contributed by atoms with Crippen LogP contribution in [0.1, 0.15) is 36.8 Å². The Hall–Kier alpha value is -2.97. The maximum atomic E-state index is 12.2. The highest BCUT2D eigenvalue weighted by Gasteiger charge is 2.13. The van der Waals surface area contributed by atoms with Gasteiger partial charge in [-0.2, -0.15) is 0 Å². The van der Waals surface area contributed by atoms with E-state index in [1.807, 2.05) is 13.8 Å². The van der Waals surface area contributed by atoms with E-state index in [1.165, 1.54) is 12.1 Å². The quantitative estimate of drug-likeness (QED) is 0.233. The van der Waals surface area contributed by atoms with Crippen molar-refractivity contribution >= 4 is 27.0 Å². The number of hydrogen-bond donors (Lipinski definition) is 1. The van der Waals surface area contributed by atoms with E-state index in [2.05, 4.69) is 4.72 Å². The van der Waals surface area contributed by atoms with Crippen molar-refractivity contribution in [3.05, 3.63) is 70.1 Å². The average Bonchev–Trinajstić information content (AvgIpc) is 2.70. The Balaban J connectivity index is 1.41. The van der Waals surface area contributed by atoms with Crippen molar-refractivity contribution in [2.75, 3.05) is 6.54 Å². The largest absolute Gasteiger partial charge is 0.426 e. The predicted octanol–water partition coefficient (Wildman–Crippen LogP) is 3.85. The van der Waals surface area contributed by atoms with Crippen LogP contribution in [0.25, 0.3) is 11.0 Å². The summed E-state index contributed by atoms with van der Waals surface area (Å²) in [4.78, 5) is 23.8. The molecule has 0 radical (unpaired) electrons. The molecule has 7 nitrogen and oxygen atoms in total. The first-order valence-corrected chi connectivity index (χ1v) is 11.5. The van der Waals surface area contributed by atoms with E-state index in [0.717, 1.165) is 16.5 Å². The third-order valence-electron chi connectivity index (χ3n) is 4.84. The standard InChI is InChI=1S/C23H25NO6S/c1-16-7-10-19(11-8-16)31(27,28)24-13-5-3-4-6-22(25)29-18-9-12-20-17(2)14-23(26)30-21(20)15-18/h7-12,14-15,24H,3-6,13H2,1-2H3. The summed E-state index contributed by atoms with van der Waals surface area (Å²) in [6.07, 6.45) is 2.07. The predicted molar refractivity (Wildman–Crippen MR) is 118 cm³/mol. The first-order valence-electron chi connectivity index (χ1n) is 10.1. The first-order chi connectivity index (χ1) is 14.7. The van der Waals surface area contributed by atoms with E-state index in [1.54, 1.807) is 36.4 Å². The smallest absolute Gasteiger partial charge is 0.336 e. The summed E-state index contributed by atoms with van der Waals surface area (Å²) in [5, 5.41) is 0.785. The SMILES string of the molecule is Cc1ccc(S(=O)(=O)NCCCCCC(=O)Oc2ccc3c(C)cc(=O)oc3c2)cc1. The number of carbonyl (C=O) groups is 1. The van der Waals surface area contributed by atoms with Gasteiger partial charge in [-0.15, -0.1) is 0 Å². The number of sulfonamides is 1. The van der Waals surface area contributed by atoms with Crippen molar-refractivity contribution < 1.29 is 22.4 Å². The minimum Gasteiger partial charge on any atom is -0.426 e. The molecule has 164 valence electrons. The molecule has 0 aliphatic rings. The van der Waals surface area contributed by atoms with E-state index >= 15 is 0 Å². The summed E-state index contributed by atoms with van der Waals surface area (Å²) in [6, 6.07) is 13.0. The molecule has 0 saturated heterocycles. The van der Waals surface area contributed by atoms with Gasteiger partial charge in [0.1, 0.15) is 11.3 Å². The van der Waals surface area contributed by atoms with Gasteiger partial charge < -0.3 is 9.15 Å². The minimum atomic E-state index is -3.52. The van der Waals surface area contributed by atoms with Crippen LogP contribution >= 0.6 is 0 Å². The molecule has 0 unspecified atom stereocenters. The van der Waals surface area contributed by atoms with Gasteiger partial charge in [0.2, 0.25) is 10.0 Å². The van der Waals surface area contributed by atoms with Crippen LogP contribution in [0.3, 0.4) is 0 Å². The molecule has 0 aliphatic heterocycles. The lowest BCUT2D eigenvalue weighted by molar-refractivity contribution is -0.134. The number of rotatable bonds is 9. The zero-order valence-electron chi connectivity index (χ0n) is 17.5. The molecule has 3 rings (SSSR count). The number of aryl methyl sites for hydroxylation is 2. The van der Waals surface area contributed by atoms with Crippen molar-refractivity contribution in [2.45, 2.75) is 44.4 Å². The highest BCUT2D eigenvalue weighted by atomic mass is 32.2. The van der Waals surface area contributed by atoms with E-state index in [9.17, 15) is 18.0 Å². The number of nitrogens with one attached hydrogen (secondary N) is 1. The summed E-state index contributed by atoms with van der Waals surface area (Å²) in [6.45, 7) is 4.01. The fourth-order valence-corrected chi connectivity index (χ4v) is 4.20. The molecule has 1 aromatic heterocycles. The zero-order valence-corrected chi connectivity index (χ0v) is 18.3. The third-order valence-corrected chi connectivity index (χ3v) is 6.31. The molecule has 1 heterocycles. The molecule has 0 saturated carbocycles. The van der Waals surface area contributed by atoms with Crippen molar-refractivity contribution in [3.8, 4) is 5.75 Å². The topological polar surface area (TPSA) is 103 Å². The number of esters is 1. The number of ether oxygens (including phenoxy) is 1. The van der Waals surface area contributed by atoms with Gasteiger partial charge in [-0.25, -0.2) is 17.9 Å². The second-order valence-electron chi connectivity index (χ2n) is 7.40. The second kappa shape index (κ2) is 9.89. The fourth-order valence-electron chi connectivity index (χ4n) is 3.13. The van der Waals surface area contributed by atoms with E-state index in [-0.39, 0.29) is 11.3 Å². The minimum absolute atomic E-state index is 0.209. The zero-order chi connectivity index (χ0) is 22.4. The molecule has 31 heavy (non-hydrogen) atoms. The Kier molecular flexibility index (Phi) is 7.25. The van der Waals surface area contributed by atoms with Crippen LogP contribution in [0.2, 0.25) is 0 Å². The highest BCUT2D eigenvalue weighted by molar-refractivity contribution is 7.89. The lowest BCUT2D eigenvalue weighted by atomic mass is 10.1. The summed E-state index contributed by atoms with van der Waals surface area (Å²) in [5.41, 5.74) is 1.71. The number of hydrogen-bond acceptors (Lipinski definition) is 6. The van der Waals surface area contributed by atoms with Crippen LogP contribution in [0.15, 0.2) is 62.6 Å². The van der Waals surface area contributed by atoms with Gasteiger partial charge in [0.05, 0.1) is 4.90 Å². The Morgan fingerprint density at radius 3 is 2.48 bits per heavy atom. The van der Waals surface area contributed by atoms with Gasteiger partial charge in [0, 0.05) is 30.5 Å². The van der Waals surface area contributed by atoms with Gasteiger partial charge in [-0.3, -0.25) is 4.79 Å². The molecule has 0 spiro atoms. The summed E-state index contributed by atoms with van der Waals surface area (Å²) < 4.78 is 37.5. The van der Waals surface area contributed by atoms with Gasteiger partial charge in [-0.1, -0.05) is 24.1 Å². The lowest BCUT2D eigenvalue weighted by Gasteiger charge is -2.08. The molecule has 2 aromatic carbocycles.